The van der Waals surface area contributed by atoms with Gasteiger partial charge in [-0.1, -0.05) is 18.8 Å². The van der Waals surface area contributed by atoms with Crippen molar-refractivity contribution in [1.82, 2.24) is 0 Å². The lowest BCUT2D eigenvalue weighted by Gasteiger charge is -2.03. The maximum atomic E-state index is 14.4. The van der Waals surface area contributed by atoms with Gasteiger partial charge in [-0.25, -0.2) is 8.78 Å². The molecule has 0 aliphatic heterocycles. The van der Waals surface area contributed by atoms with E-state index in [2.05, 4.69) is 34.2 Å². The van der Waals surface area contributed by atoms with E-state index in [0.717, 1.165) is 11.3 Å². The molecule has 0 saturated carbocycles. The first-order chi connectivity index (χ1) is 12.6. The summed E-state index contributed by atoms with van der Waals surface area (Å²) in [7, 11) is 0. The molecule has 1 aromatic heterocycles. The van der Waals surface area contributed by atoms with Crippen molar-refractivity contribution in [1.29, 1.82) is 0 Å². The quantitative estimate of drug-likeness (QED) is 0.291. The van der Waals surface area contributed by atoms with Gasteiger partial charge in [0, 0.05) is 20.9 Å². The van der Waals surface area contributed by atoms with Gasteiger partial charge in [0.05, 0.1) is 16.4 Å². The van der Waals surface area contributed by atoms with Gasteiger partial charge in [-0.05, 0) is 67.2 Å². The lowest BCUT2D eigenvalue weighted by Crippen LogP contribution is -1.90. The Balaban J connectivity index is 1.90. The van der Waals surface area contributed by atoms with Crippen LogP contribution in [0.15, 0.2) is 53.5 Å². The van der Waals surface area contributed by atoms with E-state index in [4.69, 9.17) is 0 Å². The van der Waals surface area contributed by atoms with Crippen molar-refractivity contribution in [3.63, 3.8) is 0 Å². The lowest BCUT2D eigenvalue weighted by atomic mass is 10.1. The minimum absolute atomic E-state index is 0.00243. The molecule has 0 radical (unpaired) electrons. The zero-order valence-corrected chi connectivity index (χ0v) is 15.5. The summed E-state index contributed by atoms with van der Waals surface area (Å²) in [6.45, 7) is 2.01. The Hall–Kier alpha value is -2.64. The van der Waals surface area contributed by atoms with E-state index in [-0.39, 0.29) is 11.1 Å². The number of hydrogen-bond acceptors (Lipinski definition) is 3. The molecule has 0 saturated heterocycles. The lowest BCUT2D eigenvalue weighted by molar-refractivity contribution is 0.589. The predicted octanol–water partition coefficient (Wildman–Crippen LogP) is 6.39. The van der Waals surface area contributed by atoms with Gasteiger partial charge in [0.15, 0.2) is 0 Å². The van der Waals surface area contributed by atoms with Crippen LogP contribution in [0.25, 0.3) is 10.4 Å². The second-order valence-electron chi connectivity index (χ2n) is 5.43. The molecule has 0 unspecified atom stereocenters. The first-order valence-corrected chi connectivity index (χ1v) is 9.11. The Morgan fingerprint density at radius 3 is 2.19 bits per heavy atom. The van der Waals surface area contributed by atoms with E-state index < -0.39 is 11.6 Å². The Labute approximate surface area is 160 Å². The van der Waals surface area contributed by atoms with Gasteiger partial charge in [0.1, 0.15) is 11.6 Å². The molecule has 0 bridgehead atoms. The smallest absolute Gasteiger partial charge is 0.136 e. The number of benzene rings is 2. The first-order valence-electron chi connectivity index (χ1n) is 7.88. The molecule has 0 amide bonds. The van der Waals surface area contributed by atoms with Crippen molar-refractivity contribution >= 4 is 34.4 Å². The normalized spacial score (nSPS) is 9.96. The van der Waals surface area contributed by atoms with E-state index in [0.29, 0.717) is 16.1 Å². The predicted molar refractivity (Wildman–Crippen MR) is 106 cm³/mol. The van der Waals surface area contributed by atoms with Gasteiger partial charge in [-0.15, -0.1) is 11.3 Å². The average Bonchev–Trinajstić information content (AvgIpc) is 3.09. The molecular formula is C21H13F2NS2. The third-order valence-electron chi connectivity index (χ3n) is 3.69. The highest BCUT2D eigenvalue weighted by Crippen LogP contribution is 2.33. The minimum Gasteiger partial charge on any atom is -0.206 e. The van der Waals surface area contributed by atoms with Crippen LogP contribution in [0, 0.1) is 23.5 Å². The number of halogens is 2. The third-order valence-corrected chi connectivity index (χ3v) is 5.03. The van der Waals surface area contributed by atoms with Crippen molar-refractivity contribution < 1.29 is 8.78 Å². The topological polar surface area (TPSA) is 12.4 Å². The largest absolute Gasteiger partial charge is 0.206 e. The van der Waals surface area contributed by atoms with E-state index in [9.17, 15) is 8.78 Å². The molecule has 0 N–H and O–H groups in total. The molecule has 3 aromatic rings. The van der Waals surface area contributed by atoms with Crippen LogP contribution < -0.4 is 0 Å². The van der Waals surface area contributed by atoms with Crippen molar-refractivity contribution in [2.45, 2.75) is 13.3 Å². The number of aliphatic imine (C=N–C) groups is 1. The van der Waals surface area contributed by atoms with E-state index in [1.165, 1.54) is 23.5 Å². The molecule has 0 spiro atoms. The maximum absolute atomic E-state index is 14.4. The molecular weight excluding hydrogens is 368 g/mol. The van der Waals surface area contributed by atoms with Crippen LogP contribution in [0.5, 0.6) is 0 Å². The van der Waals surface area contributed by atoms with Crippen molar-refractivity contribution in [3.8, 4) is 22.3 Å². The second-order valence-corrected chi connectivity index (χ2v) is 6.79. The van der Waals surface area contributed by atoms with Crippen LogP contribution in [0.1, 0.15) is 22.9 Å². The number of rotatable bonds is 3. The molecule has 0 atom stereocenters. The maximum Gasteiger partial charge on any atom is 0.136 e. The van der Waals surface area contributed by atoms with Gasteiger partial charge in [0.25, 0.3) is 0 Å². The molecule has 0 aliphatic rings. The number of nitrogens with zero attached hydrogens (tertiary/aromatic N) is 1. The van der Waals surface area contributed by atoms with Crippen LogP contribution in [-0.4, -0.2) is 5.16 Å². The first kappa shape index (κ1) is 18.2. The van der Waals surface area contributed by atoms with Gasteiger partial charge in [0.2, 0.25) is 0 Å². The third kappa shape index (κ3) is 4.12. The summed E-state index contributed by atoms with van der Waals surface area (Å²) in [6, 6.07) is 13.2. The highest BCUT2D eigenvalue weighted by molar-refractivity contribution is 7.78. The molecule has 26 heavy (non-hydrogen) atoms. The van der Waals surface area contributed by atoms with Crippen molar-refractivity contribution in [2.24, 2.45) is 4.99 Å². The van der Waals surface area contributed by atoms with Crippen molar-refractivity contribution in [2.75, 3.05) is 0 Å². The summed E-state index contributed by atoms with van der Waals surface area (Å²) in [5, 5.41) is 2.29. The molecule has 5 heteroatoms. The van der Waals surface area contributed by atoms with Gasteiger partial charge < -0.3 is 0 Å². The molecule has 0 aliphatic carbocycles. The SMILES string of the molecule is CCc1ccc(-c2c(F)cc(C#Cc3ccc(N=C=S)cc3)cc2F)s1. The van der Waals surface area contributed by atoms with Crippen LogP contribution in [-0.2, 0) is 6.42 Å². The standard InChI is InChI=1S/C21H13F2NS2/c1-2-17-9-10-20(26-17)21-18(22)11-15(12-19(21)23)4-3-14-5-7-16(8-6-14)24-13-25/h5-12H,2H2,1H3. The Kier molecular flexibility index (Phi) is 5.70. The summed E-state index contributed by atoms with van der Waals surface area (Å²) in [5.41, 5.74) is 1.68. The van der Waals surface area contributed by atoms with Crippen LogP contribution in [0.3, 0.4) is 0 Å². The minimum atomic E-state index is -0.607. The van der Waals surface area contributed by atoms with Gasteiger partial charge in [-0.2, -0.15) is 4.99 Å². The zero-order chi connectivity index (χ0) is 18.5. The molecule has 128 valence electrons. The molecule has 0 fully saturated rings. The Morgan fingerprint density at radius 1 is 0.962 bits per heavy atom. The summed E-state index contributed by atoms with van der Waals surface area (Å²) in [5.74, 6) is 4.47. The molecule has 3 rings (SSSR count). The van der Waals surface area contributed by atoms with Crippen LogP contribution >= 0.6 is 23.6 Å². The Bertz CT molecular complexity index is 1030. The highest BCUT2D eigenvalue weighted by atomic mass is 32.1. The number of thiocarbonyl (C=S) groups is 1. The molecule has 2 aromatic carbocycles. The summed E-state index contributed by atoms with van der Waals surface area (Å²) < 4.78 is 28.9. The molecule has 1 heterocycles. The number of thiophene rings is 1. The summed E-state index contributed by atoms with van der Waals surface area (Å²) in [6.07, 6.45) is 0.839. The Morgan fingerprint density at radius 2 is 1.62 bits per heavy atom. The number of isothiocyanates is 1. The van der Waals surface area contributed by atoms with Crippen molar-refractivity contribution in [3.05, 3.63) is 76.2 Å². The number of aryl methyl sites for hydroxylation is 1. The highest BCUT2D eigenvalue weighted by Gasteiger charge is 2.14. The zero-order valence-electron chi connectivity index (χ0n) is 13.8. The fourth-order valence-electron chi connectivity index (χ4n) is 2.40. The van der Waals surface area contributed by atoms with E-state index in [1.807, 2.05) is 13.0 Å². The fourth-order valence-corrected chi connectivity index (χ4v) is 3.50. The average molecular weight is 381 g/mol. The van der Waals surface area contributed by atoms with Crippen LogP contribution in [0.4, 0.5) is 14.5 Å². The monoisotopic (exact) mass is 381 g/mol. The number of hydrogen-bond donors (Lipinski definition) is 0. The van der Waals surface area contributed by atoms with Gasteiger partial charge in [-0.3, -0.25) is 0 Å². The summed E-state index contributed by atoms with van der Waals surface area (Å²) in [4.78, 5) is 5.53. The van der Waals surface area contributed by atoms with Crippen LogP contribution in [0.2, 0.25) is 0 Å². The van der Waals surface area contributed by atoms with E-state index >= 15 is 0 Å². The van der Waals surface area contributed by atoms with Gasteiger partial charge >= 0.3 is 0 Å². The summed E-state index contributed by atoms with van der Waals surface area (Å²) >= 11 is 5.94. The second kappa shape index (κ2) is 8.16. The van der Waals surface area contributed by atoms with E-state index in [1.54, 1.807) is 30.3 Å². The fraction of sp³-hybridized carbons (Fsp3) is 0.0952. The molecule has 1 nitrogen and oxygen atoms in total.